The molecule has 0 spiro atoms. The fourth-order valence-corrected chi connectivity index (χ4v) is 4.54. The van der Waals surface area contributed by atoms with Gasteiger partial charge in [-0.25, -0.2) is 9.78 Å². The largest absolute Gasteiger partial charge is 0.480 e. The number of hydrogen-bond donors (Lipinski definition) is 2. The van der Waals surface area contributed by atoms with Crippen LogP contribution in [-0.4, -0.2) is 45.3 Å². The van der Waals surface area contributed by atoms with E-state index in [-0.39, 0.29) is 17.9 Å². The van der Waals surface area contributed by atoms with Gasteiger partial charge in [0.05, 0.1) is 17.1 Å². The third-order valence-electron chi connectivity index (χ3n) is 6.71. The highest BCUT2D eigenvalue weighted by Gasteiger charge is 2.25. The summed E-state index contributed by atoms with van der Waals surface area (Å²) in [6, 6.07) is 4.94. The van der Waals surface area contributed by atoms with Gasteiger partial charge in [0.1, 0.15) is 11.9 Å². The average molecular weight is 444 g/mol. The van der Waals surface area contributed by atoms with Gasteiger partial charge in [-0.2, -0.15) is 0 Å². The zero-order valence-electron chi connectivity index (χ0n) is 19.8. The normalized spacial score (nSPS) is 18.2. The molecule has 2 heterocycles. The Labute approximate surface area is 190 Å². The fourth-order valence-electron chi connectivity index (χ4n) is 4.54. The maximum atomic E-state index is 12.9. The monoisotopic (exact) mass is 443 g/mol. The molecule has 0 radical (unpaired) electrons. The smallest absolute Gasteiger partial charge is 0.326 e. The molecule has 0 saturated carbocycles. The van der Waals surface area contributed by atoms with Crippen molar-refractivity contribution < 1.29 is 19.4 Å². The average Bonchev–Trinajstić information content (AvgIpc) is 3.41. The summed E-state index contributed by atoms with van der Waals surface area (Å²) in [6.45, 7) is 9.18. The number of rotatable bonds is 11. The van der Waals surface area contributed by atoms with Crippen LogP contribution >= 0.6 is 0 Å². The highest BCUT2D eigenvalue weighted by atomic mass is 16.5. The molecular weight excluding hydrogens is 406 g/mol. The number of amides is 1. The van der Waals surface area contributed by atoms with E-state index >= 15 is 0 Å². The van der Waals surface area contributed by atoms with E-state index in [2.05, 4.69) is 23.7 Å². The molecule has 1 amide bonds. The molecule has 2 aromatic rings. The van der Waals surface area contributed by atoms with E-state index in [0.29, 0.717) is 18.0 Å². The predicted octanol–water partition coefficient (Wildman–Crippen LogP) is 4.74. The van der Waals surface area contributed by atoms with Gasteiger partial charge in [-0.1, -0.05) is 34.1 Å². The first-order valence-corrected chi connectivity index (χ1v) is 12.0. The summed E-state index contributed by atoms with van der Waals surface area (Å²) >= 11 is 0. The highest BCUT2D eigenvalue weighted by molar-refractivity contribution is 5.99. The molecule has 3 rings (SSSR count). The number of fused-ring (bicyclic) bond motifs is 1. The lowest BCUT2D eigenvalue weighted by Gasteiger charge is -2.20. The number of carboxylic acid groups (broad SMARTS) is 1. The lowest BCUT2D eigenvalue weighted by atomic mass is 9.99. The van der Waals surface area contributed by atoms with Gasteiger partial charge in [-0.15, -0.1) is 0 Å². The van der Waals surface area contributed by atoms with E-state index in [1.54, 1.807) is 12.1 Å². The molecule has 1 aliphatic rings. The van der Waals surface area contributed by atoms with E-state index in [4.69, 9.17) is 9.72 Å². The number of aromatic nitrogens is 2. The summed E-state index contributed by atoms with van der Waals surface area (Å²) in [5.74, 6) is -0.162. The summed E-state index contributed by atoms with van der Waals surface area (Å²) < 4.78 is 8.16. The van der Waals surface area contributed by atoms with Crippen molar-refractivity contribution >= 4 is 22.9 Å². The summed E-state index contributed by atoms with van der Waals surface area (Å²) in [6.07, 6.45) is 6.37. The summed E-state index contributed by atoms with van der Waals surface area (Å²) in [5.41, 5.74) is 2.22. The molecule has 1 aromatic heterocycles. The molecule has 0 bridgehead atoms. The zero-order chi connectivity index (χ0) is 23.3. The number of carbonyl (C=O) groups is 2. The van der Waals surface area contributed by atoms with Crippen LogP contribution in [0.5, 0.6) is 0 Å². The third-order valence-corrected chi connectivity index (χ3v) is 6.71. The SMILES string of the molecule is CCC(C)CC(NC(=O)c1ccc2c(c1)nc(CC1CCCO1)n2C(CC)CC)C(=O)O. The molecule has 1 aliphatic heterocycles. The summed E-state index contributed by atoms with van der Waals surface area (Å²) in [4.78, 5) is 29.4. The number of imidazole rings is 1. The van der Waals surface area contributed by atoms with Gasteiger partial charge >= 0.3 is 5.97 Å². The first kappa shape index (κ1) is 24.2. The van der Waals surface area contributed by atoms with E-state index < -0.39 is 12.0 Å². The van der Waals surface area contributed by atoms with Crippen molar-refractivity contribution in [1.82, 2.24) is 14.9 Å². The second-order valence-corrected chi connectivity index (χ2v) is 9.02. The first-order valence-electron chi connectivity index (χ1n) is 12.0. The summed E-state index contributed by atoms with van der Waals surface area (Å²) in [5, 5.41) is 12.2. The standard InChI is InChI=1S/C25H37N3O4/c1-5-16(4)13-21(25(30)31)27-24(29)17-10-11-22-20(14-17)26-23(15-19-9-8-12-32-19)28(22)18(6-2)7-3/h10-11,14,16,18-19,21H,5-9,12-13,15H2,1-4H3,(H,27,29)(H,30,31). The third kappa shape index (κ3) is 5.49. The predicted molar refractivity (Wildman–Crippen MR) is 125 cm³/mol. The number of ether oxygens (including phenoxy) is 1. The van der Waals surface area contributed by atoms with Crippen molar-refractivity contribution in [3.8, 4) is 0 Å². The number of nitrogens with zero attached hydrogens (tertiary/aromatic N) is 2. The van der Waals surface area contributed by atoms with Gasteiger partial charge in [-0.05, 0) is 56.2 Å². The van der Waals surface area contributed by atoms with Gasteiger partial charge in [0.15, 0.2) is 0 Å². The minimum absolute atomic E-state index is 0.194. The van der Waals surface area contributed by atoms with Crippen LogP contribution in [0.3, 0.4) is 0 Å². The lowest BCUT2D eigenvalue weighted by Crippen LogP contribution is -2.41. The second kappa shape index (κ2) is 10.9. The van der Waals surface area contributed by atoms with Crippen molar-refractivity contribution in [2.24, 2.45) is 5.92 Å². The van der Waals surface area contributed by atoms with Gasteiger partial charge in [0.25, 0.3) is 5.91 Å². The van der Waals surface area contributed by atoms with Crippen LogP contribution in [0.25, 0.3) is 11.0 Å². The molecule has 0 aliphatic carbocycles. The van der Waals surface area contributed by atoms with Gasteiger partial charge < -0.3 is 19.7 Å². The van der Waals surface area contributed by atoms with Crippen molar-refractivity contribution in [2.75, 3.05) is 6.61 Å². The molecule has 7 heteroatoms. The minimum Gasteiger partial charge on any atom is -0.480 e. The minimum atomic E-state index is -1.00. The highest BCUT2D eigenvalue weighted by Crippen LogP contribution is 2.28. The van der Waals surface area contributed by atoms with Crippen LogP contribution < -0.4 is 5.32 Å². The van der Waals surface area contributed by atoms with Crippen LogP contribution in [0.2, 0.25) is 0 Å². The topological polar surface area (TPSA) is 93.5 Å². The Morgan fingerprint density at radius 3 is 2.59 bits per heavy atom. The molecule has 32 heavy (non-hydrogen) atoms. The van der Waals surface area contributed by atoms with Crippen molar-refractivity contribution in [2.45, 2.75) is 90.8 Å². The summed E-state index contributed by atoms with van der Waals surface area (Å²) in [7, 11) is 0. The van der Waals surface area contributed by atoms with Gasteiger partial charge in [0.2, 0.25) is 0 Å². The number of carbonyl (C=O) groups excluding carboxylic acids is 1. The van der Waals surface area contributed by atoms with Crippen LogP contribution in [0.1, 0.15) is 88.4 Å². The Morgan fingerprint density at radius 1 is 1.25 bits per heavy atom. The number of aliphatic carboxylic acids is 1. The van der Waals surface area contributed by atoms with Crippen LogP contribution in [-0.2, 0) is 16.0 Å². The van der Waals surface area contributed by atoms with E-state index in [1.807, 2.05) is 19.9 Å². The Kier molecular flexibility index (Phi) is 8.29. The molecule has 3 atom stereocenters. The van der Waals surface area contributed by atoms with Crippen molar-refractivity contribution in [3.63, 3.8) is 0 Å². The lowest BCUT2D eigenvalue weighted by molar-refractivity contribution is -0.139. The molecule has 1 fully saturated rings. The Hall–Kier alpha value is -2.41. The molecule has 1 saturated heterocycles. The fraction of sp³-hybridized carbons (Fsp3) is 0.640. The van der Waals surface area contributed by atoms with E-state index in [1.165, 1.54) is 0 Å². The molecule has 3 unspecified atom stereocenters. The Bertz CT molecular complexity index is 929. The molecule has 7 nitrogen and oxygen atoms in total. The zero-order valence-corrected chi connectivity index (χ0v) is 19.8. The van der Waals surface area contributed by atoms with E-state index in [9.17, 15) is 14.7 Å². The van der Waals surface area contributed by atoms with Gasteiger partial charge in [0, 0.05) is 24.6 Å². The molecule has 2 N–H and O–H groups in total. The van der Waals surface area contributed by atoms with Gasteiger partial charge in [-0.3, -0.25) is 4.79 Å². The number of hydrogen-bond acceptors (Lipinski definition) is 4. The van der Waals surface area contributed by atoms with Crippen LogP contribution in [0.15, 0.2) is 18.2 Å². The van der Waals surface area contributed by atoms with E-state index in [0.717, 1.165) is 62.0 Å². The first-order chi connectivity index (χ1) is 15.4. The number of carboxylic acids is 1. The Balaban J connectivity index is 1.89. The molecular formula is C25H37N3O4. The Morgan fingerprint density at radius 2 is 2.00 bits per heavy atom. The van der Waals surface area contributed by atoms with Crippen molar-refractivity contribution in [1.29, 1.82) is 0 Å². The quantitative estimate of drug-likeness (QED) is 0.523. The van der Waals surface area contributed by atoms with Crippen LogP contribution in [0, 0.1) is 5.92 Å². The maximum absolute atomic E-state index is 12.9. The number of nitrogens with one attached hydrogen (secondary N) is 1. The number of benzene rings is 1. The van der Waals surface area contributed by atoms with Crippen LogP contribution in [0.4, 0.5) is 0 Å². The maximum Gasteiger partial charge on any atom is 0.326 e. The molecule has 176 valence electrons. The second-order valence-electron chi connectivity index (χ2n) is 9.02. The van der Waals surface area contributed by atoms with Crippen molar-refractivity contribution in [3.05, 3.63) is 29.6 Å². The molecule has 1 aromatic carbocycles.